The van der Waals surface area contributed by atoms with Crippen molar-refractivity contribution in [3.8, 4) is 0 Å². The first-order valence-corrected chi connectivity index (χ1v) is 8.03. The summed E-state index contributed by atoms with van der Waals surface area (Å²) in [5, 5.41) is 8.72. The van der Waals surface area contributed by atoms with E-state index in [1.165, 1.54) is 23.1 Å². The highest BCUT2D eigenvalue weighted by Gasteiger charge is 2.13. The normalized spacial score (nSPS) is 11.4. The molecule has 0 amide bonds. The molecule has 3 rings (SSSR count). The molecule has 0 aromatic carbocycles. The summed E-state index contributed by atoms with van der Waals surface area (Å²) in [7, 11) is 0. The lowest BCUT2D eigenvalue weighted by molar-refractivity contribution is 0.414. The summed E-state index contributed by atoms with van der Waals surface area (Å²) in [6.45, 7) is 4.14. The quantitative estimate of drug-likeness (QED) is 0.703. The van der Waals surface area contributed by atoms with E-state index >= 15 is 0 Å². The number of fused-ring (bicyclic) bond motifs is 1. The molecule has 0 saturated carbocycles. The molecule has 3 N–H and O–H groups in total. The monoisotopic (exact) mass is 323 g/mol. The number of aromatic amines is 1. The summed E-state index contributed by atoms with van der Waals surface area (Å²) in [5.74, 6) is 1.43. The maximum atomic E-state index is 12.1. The Balaban J connectivity index is 1.86. The van der Waals surface area contributed by atoms with Gasteiger partial charge in [-0.1, -0.05) is 11.8 Å². The second-order valence-electron chi connectivity index (χ2n) is 4.43. The first-order valence-electron chi connectivity index (χ1n) is 6.22. The van der Waals surface area contributed by atoms with Crippen LogP contribution in [0.3, 0.4) is 0 Å². The van der Waals surface area contributed by atoms with Crippen molar-refractivity contribution in [2.75, 3.05) is 0 Å². The molecule has 0 aliphatic carbocycles. The Labute approximate surface area is 128 Å². The van der Waals surface area contributed by atoms with Crippen molar-refractivity contribution in [2.45, 2.75) is 31.4 Å². The molecule has 7 nitrogen and oxygen atoms in total. The van der Waals surface area contributed by atoms with Crippen molar-refractivity contribution in [3.63, 3.8) is 0 Å². The van der Waals surface area contributed by atoms with E-state index in [2.05, 4.69) is 20.2 Å². The molecule has 21 heavy (non-hydrogen) atoms. The molecule has 0 fully saturated rings. The van der Waals surface area contributed by atoms with Crippen LogP contribution in [-0.2, 0) is 12.3 Å². The van der Waals surface area contributed by atoms with E-state index in [9.17, 15) is 4.79 Å². The van der Waals surface area contributed by atoms with Gasteiger partial charge in [-0.2, -0.15) is 0 Å². The molecular formula is C12H13N5O2S2. The van der Waals surface area contributed by atoms with Crippen LogP contribution in [-0.4, -0.2) is 20.2 Å². The summed E-state index contributed by atoms with van der Waals surface area (Å²) in [6, 6.07) is 0. The van der Waals surface area contributed by atoms with Gasteiger partial charge < -0.3 is 15.1 Å². The summed E-state index contributed by atoms with van der Waals surface area (Å²) in [4.78, 5) is 21.3. The zero-order valence-corrected chi connectivity index (χ0v) is 13.1. The van der Waals surface area contributed by atoms with Gasteiger partial charge in [-0.15, -0.1) is 21.5 Å². The third-order valence-electron chi connectivity index (χ3n) is 3.04. The van der Waals surface area contributed by atoms with Crippen LogP contribution < -0.4 is 11.3 Å². The smallest absolute Gasteiger partial charge is 0.277 e. The zero-order chi connectivity index (χ0) is 15.0. The number of H-pyrrole nitrogens is 1. The van der Waals surface area contributed by atoms with E-state index in [-0.39, 0.29) is 12.1 Å². The van der Waals surface area contributed by atoms with Crippen LogP contribution in [0, 0.1) is 13.8 Å². The molecule has 9 heteroatoms. The molecule has 0 bridgehead atoms. The standard InChI is InChI=1S/C12H13N5O2S2/c1-5-6(2)21-11-9(5)10(18)14-7(15-11)4-20-12-17-16-8(3-13)19-12/h3-4,13H2,1-2H3,(H,14,15,18). The van der Waals surface area contributed by atoms with E-state index in [1.807, 2.05) is 13.8 Å². The maximum Gasteiger partial charge on any atom is 0.277 e. The second kappa shape index (κ2) is 5.58. The van der Waals surface area contributed by atoms with Gasteiger partial charge in [0.1, 0.15) is 10.7 Å². The van der Waals surface area contributed by atoms with Crippen LogP contribution in [0.5, 0.6) is 0 Å². The third-order valence-corrected chi connectivity index (χ3v) is 4.97. The van der Waals surface area contributed by atoms with Gasteiger partial charge >= 0.3 is 0 Å². The van der Waals surface area contributed by atoms with Crippen molar-refractivity contribution in [3.05, 3.63) is 32.5 Å². The van der Waals surface area contributed by atoms with E-state index in [0.717, 1.165) is 15.3 Å². The van der Waals surface area contributed by atoms with Gasteiger partial charge in [0.05, 0.1) is 17.7 Å². The van der Waals surface area contributed by atoms with Crippen molar-refractivity contribution < 1.29 is 4.42 Å². The Morgan fingerprint density at radius 1 is 1.38 bits per heavy atom. The summed E-state index contributed by atoms with van der Waals surface area (Å²) in [6.07, 6.45) is 0. The maximum absolute atomic E-state index is 12.1. The van der Waals surface area contributed by atoms with Crippen molar-refractivity contribution in [2.24, 2.45) is 5.73 Å². The molecule has 0 unspecified atom stereocenters. The summed E-state index contributed by atoms with van der Waals surface area (Å²) < 4.78 is 5.29. The summed E-state index contributed by atoms with van der Waals surface area (Å²) in [5.41, 5.74) is 6.29. The highest BCUT2D eigenvalue weighted by atomic mass is 32.2. The number of thioether (sulfide) groups is 1. The lowest BCUT2D eigenvalue weighted by Gasteiger charge is -1.98. The summed E-state index contributed by atoms with van der Waals surface area (Å²) >= 11 is 2.84. The van der Waals surface area contributed by atoms with Gasteiger partial charge in [0.15, 0.2) is 0 Å². The van der Waals surface area contributed by atoms with Crippen LogP contribution in [0.1, 0.15) is 22.2 Å². The number of aromatic nitrogens is 4. The number of thiophene rings is 1. The van der Waals surface area contributed by atoms with Crippen LogP contribution in [0.2, 0.25) is 0 Å². The van der Waals surface area contributed by atoms with Gasteiger partial charge in [-0.25, -0.2) is 4.98 Å². The zero-order valence-electron chi connectivity index (χ0n) is 11.5. The number of aryl methyl sites for hydroxylation is 2. The van der Waals surface area contributed by atoms with Crippen molar-refractivity contribution in [1.82, 2.24) is 20.2 Å². The predicted octanol–water partition coefficient (Wildman–Crippen LogP) is 1.74. The predicted molar refractivity (Wildman–Crippen MR) is 81.5 cm³/mol. The minimum Gasteiger partial charge on any atom is -0.415 e. The fourth-order valence-corrected chi connectivity index (χ4v) is 3.58. The topological polar surface area (TPSA) is 111 Å². The van der Waals surface area contributed by atoms with E-state index in [1.54, 1.807) is 0 Å². The Hall–Kier alpha value is -1.71. The van der Waals surface area contributed by atoms with Gasteiger partial charge in [0, 0.05) is 4.88 Å². The number of nitrogens with one attached hydrogen (secondary N) is 1. The minimum absolute atomic E-state index is 0.106. The second-order valence-corrected chi connectivity index (χ2v) is 6.56. The first kappa shape index (κ1) is 14.2. The van der Waals surface area contributed by atoms with Crippen molar-refractivity contribution in [1.29, 1.82) is 0 Å². The van der Waals surface area contributed by atoms with Crippen LogP contribution in [0.25, 0.3) is 10.2 Å². The van der Waals surface area contributed by atoms with Crippen LogP contribution in [0.15, 0.2) is 14.4 Å². The van der Waals surface area contributed by atoms with Gasteiger partial charge in [0.2, 0.25) is 5.89 Å². The molecule has 0 spiro atoms. The number of rotatable bonds is 4. The Kier molecular flexibility index (Phi) is 3.79. The Bertz CT molecular complexity index is 851. The third kappa shape index (κ3) is 2.71. The van der Waals surface area contributed by atoms with Gasteiger partial charge in [-0.05, 0) is 19.4 Å². The van der Waals surface area contributed by atoms with Crippen LogP contribution in [0.4, 0.5) is 0 Å². The van der Waals surface area contributed by atoms with E-state index in [4.69, 9.17) is 10.2 Å². The minimum atomic E-state index is -0.106. The lowest BCUT2D eigenvalue weighted by atomic mass is 10.2. The molecule has 3 aromatic rings. The van der Waals surface area contributed by atoms with Crippen molar-refractivity contribution >= 4 is 33.3 Å². The average Bonchev–Trinajstić information content (AvgIpc) is 3.02. The number of nitrogens with two attached hydrogens (primary N) is 1. The van der Waals surface area contributed by atoms with E-state index < -0.39 is 0 Å². The molecular weight excluding hydrogens is 310 g/mol. The molecule has 3 aromatic heterocycles. The molecule has 3 heterocycles. The molecule has 0 radical (unpaired) electrons. The van der Waals surface area contributed by atoms with Gasteiger partial charge in [0.25, 0.3) is 10.8 Å². The molecule has 0 atom stereocenters. The largest absolute Gasteiger partial charge is 0.415 e. The van der Waals surface area contributed by atoms with E-state index in [0.29, 0.717) is 28.1 Å². The lowest BCUT2D eigenvalue weighted by Crippen LogP contribution is -2.10. The molecule has 0 aliphatic rings. The number of hydrogen-bond acceptors (Lipinski definition) is 8. The highest BCUT2D eigenvalue weighted by molar-refractivity contribution is 7.98. The number of hydrogen-bond donors (Lipinski definition) is 2. The number of nitrogens with zero attached hydrogens (tertiary/aromatic N) is 3. The van der Waals surface area contributed by atoms with Crippen LogP contribution >= 0.6 is 23.1 Å². The fraction of sp³-hybridized carbons (Fsp3) is 0.333. The highest BCUT2D eigenvalue weighted by Crippen LogP contribution is 2.26. The molecule has 110 valence electrons. The molecule has 0 aliphatic heterocycles. The average molecular weight is 323 g/mol. The fourth-order valence-electron chi connectivity index (χ4n) is 1.88. The first-order chi connectivity index (χ1) is 10.1. The Morgan fingerprint density at radius 3 is 2.90 bits per heavy atom. The Morgan fingerprint density at radius 2 is 2.19 bits per heavy atom. The van der Waals surface area contributed by atoms with Gasteiger partial charge in [-0.3, -0.25) is 4.79 Å². The SMILES string of the molecule is Cc1sc2nc(CSc3nnc(CN)o3)[nH]c(=O)c2c1C. The molecule has 0 saturated heterocycles.